The van der Waals surface area contributed by atoms with E-state index >= 15 is 0 Å². The van der Waals surface area contributed by atoms with Crippen LogP contribution in [0.25, 0.3) is 0 Å². The highest BCUT2D eigenvalue weighted by Gasteiger charge is 2.06. The number of rotatable bonds is 5. The molecular weight excluding hydrogens is 223 g/mol. The first kappa shape index (κ1) is 13.0. The summed E-state index contributed by atoms with van der Waals surface area (Å²) in [6.45, 7) is 2.48. The predicted octanol–water partition coefficient (Wildman–Crippen LogP) is 1.60. The van der Waals surface area contributed by atoms with Gasteiger partial charge in [-0.15, -0.1) is 0 Å². The number of nitrogens with zero attached hydrogens (tertiary/aromatic N) is 1. The Labute approximate surface area is 99.0 Å². The number of hydrogen-bond donors (Lipinski definition) is 1. The summed E-state index contributed by atoms with van der Waals surface area (Å²) in [7, 11) is 0. The van der Waals surface area contributed by atoms with Crippen molar-refractivity contribution >= 4 is 5.91 Å². The number of nitriles is 1. The van der Waals surface area contributed by atoms with Gasteiger partial charge in [0.1, 0.15) is 0 Å². The summed E-state index contributed by atoms with van der Waals surface area (Å²) < 4.78 is 18.4. The van der Waals surface area contributed by atoms with Gasteiger partial charge in [0, 0.05) is 6.54 Å². The Morgan fingerprint density at radius 1 is 1.59 bits per heavy atom. The van der Waals surface area contributed by atoms with Gasteiger partial charge in [-0.05, 0) is 25.1 Å². The summed E-state index contributed by atoms with van der Waals surface area (Å²) in [5, 5.41) is 11.2. The monoisotopic (exact) mass is 236 g/mol. The first-order chi connectivity index (χ1) is 8.17. The number of ether oxygens (including phenoxy) is 1. The zero-order valence-electron chi connectivity index (χ0n) is 9.50. The molecule has 1 aromatic rings. The second-order valence-corrected chi connectivity index (χ2v) is 3.31. The van der Waals surface area contributed by atoms with Crippen LogP contribution >= 0.6 is 0 Å². The van der Waals surface area contributed by atoms with Gasteiger partial charge in [-0.2, -0.15) is 5.26 Å². The van der Waals surface area contributed by atoms with Crippen molar-refractivity contribution < 1.29 is 13.9 Å². The maximum absolute atomic E-state index is 13.3. The molecule has 0 aliphatic rings. The van der Waals surface area contributed by atoms with Crippen LogP contribution in [0.4, 0.5) is 4.39 Å². The fraction of sp³-hybridized carbons (Fsp3) is 0.333. The molecule has 0 heterocycles. The minimum atomic E-state index is -0.597. The average molecular weight is 236 g/mol. The van der Waals surface area contributed by atoms with Crippen molar-refractivity contribution in [2.45, 2.75) is 13.3 Å². The van der Waals surface area contributed by atoms with Crippen LogP contribution in [0.15, 0.2) is 18.2 Å². The Hall–Kier alpha value is -2.09. The molecule has 0 saturated carbocycles. The lowest BCUT2D eigenvalue weighted by Crippen LogP contribution is -2.24. The van der Waals surface area contributed by atoms with Crippen molar-refractivity contribution in [2.24, 2.45) is 0 Å². The van der Waals surface area contributed by atoms with Gasteiger partial charge >= 0.3 is 0 Å². The Kier molecular flexibility index (Phi) is 4.95. The van der Waals surface area contributed by atoms with E-state index in [-0.39, 0.29) is 30.2 Å². The van der Waals surface area contributed by atoms with Crippen molar-refractivity contribution in [3.8, 4) is 11.8 Å². The molecule has 0 radical (unpaired) electrons. The molecule has 1 N–H and O–H groups in total. The smallest absolute Gasteiger partial charge is 0.223 e. The van der Waals surface area contributed by atoms with E-state index in [1.165, 1.54) is 12.1 Å². The Morgan fingerprint density at radius 2 is 2.35 bits per heavy atom. The molecule has 0 aliphatic heterocycles. The zero-order chi connectivity index (χ0) is 12.7. The fourth-order valence-electron chi connectivity index (χ4n) is 1.23. The molecule has 0 fully saturated rings. The van der Waals surface area contributed by atoms with Crippen LogP contribution in [0.5, 0.6) is 5.75 Å². The van der Waals surface area contributed by atoms with Gasteiger partial charge in [0.25, 0.3) is 0 Å². The van der Waals surface area contributed by atoms with E-state index in [0.717, 1.165) is 6.07 Å². The molecule has 1 amide bonds. The molecule has 17 heavy (non-hydrogen) atoms. The third-order valence-corrected chi connectivity index (χ3v) is 2.02. The Bertz CT molecular complexity index is 441. The number of carbonyl (C=O) groups excluding carboxylic acids is 1. The van der Waals surface area contributed by atoms with Gasteiger partial charge in [-0.25, -0.2) is 4.39 Å². The minimum Gasteiger partial charge on any atom is -0.490 e. The number of carbonyl (C=O) groups is 1. The van der Waals surface area contributed by atoms with E-state index in [9.17, 15) is 9.18 Å². The quantitative estimate of drug-likeness (QED) is 0.844. The molecule has 1 aromatic carbocycles. The van der Waals surface area contributed by atoms with E-state index in [2.05, 4.69) is 5.32 Å². The average Bonchev–Trinajstić information content (AvgIpc) is 2.31. The van der Waals surface area contributed by atoms with Gasteiger partial charge in [-0.1, -0.05) is 0 Å². The van der Waals surface area contributed by atoms with E-state index in [4.69, 9.17) is 10.00 Å². The van der Waals surface area contributed by atoms with Gasteiger partial charge in [0.2, 0.25) is 5.91 Å². The first-order valence-electron chi connectivity index (χ1n) is 5.26. The van der Waals surface area contributed by atoms with Gasteiger partial charge in [0.15, 0.2) is 11.6 Å². The van der Waals surface area contributed by atoms with Crippen LogP contribution in [0.2, 0.25) is 0 Å². The summed E-state index contributed by atoms with van der Waals surface area (Å²) in [4.78, 5) is 11.1. The third kappa shape index (κ3) is 4.11. The first-order valence-corrected chi connectivity index (χ1v) is 5.26. The summed E-state index contributed by atoms with van der Waals surface area (Å²) in [6, 6.07) is 5.77. The molecule has 5 heteroatoms. The lowest BCUT2D eigenvalue weighted by atomic mass is 10.2. The summed E-state index contributed by atoms with van der Waals surface area (Å²) in [6.07, 6.45) is 0.174. The van der Waals surface area contributed by atoms with Crippen LogP contribution in [0.3, 0.4) is 0 Å². The molecule has 4 nitrogen and oxygen atoms in total. The molecular formula is C12H13FN2O2. The second kappa shape index (κ2) is 6.48. The van der Waals surface area contributed by atoms with Crippen LogP contribution < -0.4 is 10.1 Å². The molecule has 0 unspecified atom stereocenters. The molecule has 0 aromatic heterocycles. The summed E-state index contributed by atoms with van der Waals surface area (Å²) in [5.74, 6) is -0.685. The SMILES string of the molecule is CCNC(=O)CCOc1ccc(C#N)cc1F. The standard InChI is InChI=1S/C12H13FN2O2/c1-2-15-12(16)5-6-17-11-4-3-9(8-14)7-10(11)13/h3-4,7H,2,5-6H2,1H3,(H,15,16). The van der Waals surface area contributed by atoms with Gasteiger partial charge in [0.05, 0.1) is 24.7 Å². The molecule has 0 saturated heterocycles. The molecule has 0 atom stereocenters. The van der Waals surface area contributed by atoms with Crippen molar-refractivity contribution in [3.05, 3.63) is 29.6 Å². The predicted molar refractivity (Wildman–Crippen MR) is 59.9 cm³/mol. The number of nitrogens with one attached hydrogen (secondary N) is 1. The van der Waals surface area contributed by atoms with E-state index in [1.54, 1.807) is 0 Å². The maximum Gasteiger partial charge on any atom is 0.223 e. The molecule has 0 aliphatic carbocycles. The summed E-state index contributed by atoms with van der Waals surface area (Å²) >= 11 is 0. The lowest BCUT2D eigenvalue weighted by Gasteiger charge is -2.07. The van der Waals surface area contributed by atoms with Gasteiger partial charge in [-0.3, -0.25) is 4.79 Å². The topological polar surface area (TPSA) is 62.1 Å². The Balaban J connectivity index is 2.47. The highest BCUT2D eigenvalue weighted by Crippen LogP contribution is 2.17. The zero-order valence-corrected chi connectivity index (χ0v) is 9.50. The highest BCUT2D eigenvalue weighted by atomic mass is 19.1. The highest BCUT2D eigenvalue weighted by molar-refractivity contribution is 5.75. The normalized spacial score (nSPS) is 9.47. The Morgan fingerprint density at radius 3 is 2.94 bits per heavy atom. The maximum atomic E-state index is 13.3. The largest absolute Gasteiger partial charge is 0.490 e. The van der Waals surface area contributed by atoms with Crippen molar-refractivity contribution in [1.82, 2.24) is 5.32 Å². The molecule has 90 valence electrons. The van der Waals surface area contributed by atoms with Crippen LogP contribution in [0.1, 0.15) is 18.9 Å². The van der Waals surface area contributed by atoms with Crippen LogP contribution in [0, 0.1) is 17.1 Å². The summed E-state index contributed by atoms with van der Waals surface area (Å²) in [5.41, 5.74) is 0.235. The fourth-order valence-corrected chi connectivity index (χ4v) is 1.23. The number of amides is 1. The number of hydrogen-bond acceptors (Lipinski definition) is 3. The lowest BCUT2D eigenvalue weighted by molar-refractivity contribution is -0.121. The van der Waals surface area contributed by atoms with E-state index < -0.39 is 5.82 Å². The minimum absolute atomic E-state index is 0.0494. The molecule has 1 rings (SSSR count). The molecule has 0 bridgehead atoms. The van der Waals surface area contributed by atoms with E-state index in [1.807, 2.05) is 13.0 Å². The van der Waals surface area contributed by atoms with Crippen LogP contribution in [-0.2, 0) is 4.79 Å². The number of halogens is 1. The number of benzene rings is 1. The van der Waals surface area contributed by atoms with Crippen molar-refractivity contribution in [1.29, 1.82) is 5.26 Å². The van der Waals surface area contributed by atoms with Crippen molar-refractivity contribution in [3.63, 3.8) is 0 Å². The third-order valence-electron chi connectivity index (χ3n) is 2.02. The van der Waals surface area contributed by atoms with Gasteiger partial charge < -0.3 is 10.1 Å². The van der Waals surface area contributed by atoms with Crippen LogP contribution in [-0.4, -0.2) is 19.1 Å². The molecule has 0 spiro atoms. The van der Waals surface area contributed by atoms with Crippen molar-refractivity contribution in [2.75, 3.05) is 13.2 Å². The second-order valence-electron chi connectivity index (χ2n) is 3.31. The van der Waals surface area contributed by atoms with E-state index in [0.29, 0.717) is 6.54 Å².